The van der Waals surface area contributed by atoms with Gasteiger partial charge in [-0.1, -0.05) is 18.2 Å². The summed E-state index contributed by atoms with van der Waals surface area (Å²) in [6, 6.07) is 19.1. The van der Waals surface area contributed by atoms with Crippen molar-refractivity contribution >= 4 is 35.4 Å². The Kier molecular flexibility index (Phi) is 9.33. The highest BCUT2D eigenvalue weighted by molar-refractivity contribution is 7.94. The second kappa shape index (κ2) is 13.5. The summed E-state index contributed by atoms with van der Waals surface area (Å²) in [6.07, 6.45) is 5.19. The van der Waals surface area contributed by atoms with Gasteiger partial charge in [0.15, 0.2) is 0 Å². The second-order valence-electron chi connectivity index (χ2n) is 9.74. The molecule has 1 saturated heterocycles. The van der Waals surface area contributed by atoms with Gasteiger partial charge in [-0.2, -0.15) is 3.89 Å². The zero-order chi connectivity index (χ0) is 27.7. The molecule has 1 aliphatic heterocycles. The van der Waals surface area contributed by atoms with E-state index in [0.29, 0.717) is 35.1 Å². The molecule has 0 spiro atoms. The largest absolute Gasteiger partial charge is 0.324 e. The molecule has 0 radical (unpaired) electrons. The topological polar surface area (TPSA) is 86.3 Å². The standard InChI is InChI=1S/C30H32FN7OS/c1-22-4-9-26(19-28(22)36-30-33-12-10-27(35-30)25-3-2-11-32-20-25)34-29(39)24-7-5-23(6-8-24)21-38-15-13-37(14-16-38)17-18-40-31/h2-12,19-20H,13-18,21H2,1H3,(H,34,39)(H,33,35,36). The molecule has 0 unspecified atom stereocenters. The van der Waals surface area contributed by atoms with Crippen LogP contribution in [-0.2, 0) is 6.54 Å². The minimum Gasteiger partial charge on any atom is -0.324 e. The van der Waals surface area contributed by atoms with Crippen LogP contribution in [0.15, 0.2) is 79.3 Å². The maximum Gasteiger partial charge on any atom is 0.255 e. The van der Waals surface area contributed by atoms with Crippen molar-refractivity contribution in [3.05, 3.63) is 95.9 Å². The number of hydrogen-bond donors (Lipinski definition) is 2. The molecule has 0 saturated carbocycles. The Bertz CT molecular complexity index is 1410. The van der Waals surface area contributed by atoms with Gasteiger partial charge >= 0.3 is 0 Å². The van der Waals surface area contributed by atoms with Crippen molar-refractivity contribution in [3.8, 4) is 11.3 Å². The van der Waals surface area contributed by atoms with E-state index >= 15 is 0 Å². The van der Waals surface area contributed by atoms with Crippen LogP contribution in [0.25, 0.3) is 11.3 Å². The molecule has 0 aliphatic carbocycles. The summed E-state index contributed by atoms with van der Waals surface area (Å²) in [5.41, 5.74) is 5.92. The third-order valence-electron chi connectivity index (χ3n) is 6.93. The van der Waals surface area contributed by atoms with Crippen molar-refractivity contribution in [3.63, 3.8) is 0 Å². The summed E-state index contributed by atoms with van der Waals surface area (Å²) >= 11 is 0.406. The lowest BCUT2D eigenvalue weighted by molar-refractivity contribution is 0.102. The lowest BCUT2D eigenvalue weighted by Gasteiger charge is -2.34. The zero-order valence-electron chi connectivity index (χ0n) is 22.4. The first-order valence-corrected chi connectivity index (χ1v) is 14.2. The molecule has 206 valence electrons. The molecule has 1 amide bonds. The Morgan fingerprint density at radius 2 is 1.80 bits per heavy atom. The molecule has 1 fully saturated rings. The Morgan fingerprint density at radius 3 is 2.55 bits per heavy atom. The van der Waals surface area contributed by atoms with E-state index in [9.17, 15) is 8.68 Å². The highest BCUT2D eigenvalue weighted by Crippen LogP contribution is 2.25. The Balaban J connectivity index is 1.18. The molecule has 8 nitrogen and oxygen atoms in total. The number of carbonyl (C=O) groups is 1. The quantitative estimate of drug-likeness (QED) is 0.262. The predicted octanol–water partition coefficient (Wildman–Crippen LogP) is 5.58. The molecular formula is C30H32FN7OS. The van der Waals surface area contributed by atoms with Gasteiger partial charge in [0.2, 0.25) is 5.95 Å². The first-order chi connectivity index (χ1) is 19.6. The molecular weight excluding hydrogens is 525 g/mol. The SMILES string of the molecule is Cc1ccc(NC(=O)c2ccc(CN3CCN(CCSF)CC3)cc2)cc1Nc1nccc(-c2cccnc2)n1. The van der Waals surface area contributed by atoms with Crippen molar-refractivity contribution in [1.29, 1.82) is 0 Å². The summed E-state index contributed by atoms with van der Waals surface area (Å²) in [7, 11) is 0. The second-order valence-corrected chi connectivity index (χ2v) is 10.4. The Hall–Kier alpha value is -3.86. The average molecular weight is 558 g/mol. The van der Waals surface area contributed by atoms with Crippen LogP contribution in [-0.4, -0.2) is 69.1 Å². The highest BCUT2D eigenvalue weighted by Gasteiger charge is 2.17. The molecule has 5 rings (SSSR count). The number of amides is 1. The summed E-state index contributed by atoms with van der Waals surface area (Å²) in [6.45, 7) is 7.45. The number of anilines is 3. The maximum absolute atomic E-state index is 13.0. The molecule has 2 aromatic heterocycles. The number of aromatic nitrogens is 3. The van der Waals surface area contributed by atoms with Gasteiger partial charge in [-0.3, -0.25) is 19.6 Å². The van der Waals surface area contributed by atoms with Crippen LogP contribution in [0, 0.1) is 6.92 Å². The number of carbonyl (C=O) groups excluding carboxylic acids is 1. The lowest BCUT2D eigenvalue weighted by atomic mass is 10.1. The number of pyridine rings is 1. The van der Waals surface area contributed by atoms with E-state index in [1.807, 2.05) is 67.6 Å². The minimum atomic E-state index is -0.171. The normalized spacial score (nSPS) is 14.2. The van der Waals surface area contributed by atoms with Crippen LogP contribution in [0.4, 0.5) is 21.2 Å². The van der Waals surface area contributed by atoms with Crippen molar-refractivity contribution in [1.82, 2.24) is 24.8 Å². The highest BCUT2D eigenvalue weighted by atomic mass is 32.2. The monoisotopic (exact) mass is 557 g/mol. The van der Waals surface area contributed by atoms with Crippen molar-refractivity contribution < 1.29 is 8.68 Å². The summed E-state index contributed by atoms with van der Waals surface area (Å²) in [5.74, 6) is 0.818. The number of rotatable bonds is 10. The molecule has 2 N–H and O–H groups in total. The number of nitrogens with zero attached hydrogens (tertiary/aromatic N) is 5. The predicted molar refractivity (Wildman–Crippen MR) is 159 cm³/mol. The van der Waals surface area contributed by atoms with Gasteiger partial charge < -0.3 is 10.6 Å². The lowest BCUT2D eigenvalue weighted by Crippen LogP contribution is -2.46. The molecule has 40 heavy (non-hydrogen) atoms. The van der Waals surface area contributed by atoms with Crippen LogP contribution in [0.5, 0.6) is 0 Å². The number of halogens is 1. The van der Waals surface area contributed by atoms with Crippen molar-refractivity contribution in [2.24, 2.45) is 0 Å². The van der Waals surface area contributed by atoms with Gasteiger partial charge in [0.1, 0.15) is 0 Å². The minimum absolute atomic E-state index is 0.171. The number of nitrogens with one attached hydrogen (secondary N) is 2. The fourth-order valence-corrected chi connectivity index (χ4v) is 4.93. The van der Waals surface area contributed by atoms with E-state index < -0.39 is 0 Å². The van der Waals surface area contributed by atoms with Gasteiger partial charge in [0.25, 0.3) is 5.91 Å². The molecule has 2 aromatic carbocycles. The molecule has 0 atom stereocenters. The third-order valence-corrected chi connectivity index (χ3v) is 7.26. The van der Waals surface area contributed by atoms with Crippen LogP contribution >= 0.6 is 12.1 Å². The van der Waals surface area contributed by atoms with Gasteiger partial charge in [0, 0.05) is 98.3 Å². The van der Waals surface area contributed by atoms with E-state index in [-0.39, 0.29) is 5.91 Å². The molecule has 1 aliphatic rings. The number of hydrogen-bond acceptors (Lipinski definition) is 8. The van der Waals surface area contributed by atoms with Gasteiger partial charge in [-0.25, -0.2) is 9.97 Å². The van der Waals surface area contributed by atoms with E-state index in [1.165, 1.54) is 5.56 Å². The average Bonchev–Trinajstić information content (AvgIpc) is 2.99. The fourth-order valence-electron chi connectivity index (χ4n) is 4.61. The third kappa shape index (κ3) is 7.41. The van der Waals surface area contributed by atoms with E-state index in [1.54, 1.807) is 18.6 Å². The van der Waals surface area contributed by atoms with Gasteiger partial charge in [0.05, 0.1) is 5.69 Å². The van der Waals surface area contributed by atoms with Gasteiger partial charge in [-0.15, -0.1) is 0 Å². The number of piperazine rings is 1. The fraction of sp³-hybridized carbons (Fsp3) is 0.267. The first kappa shape index (κ1) is 27.7. The molecule has 0 bridgehead atoms. The number of benzene rings is 2. The van der Waals surface area contributed by atoms with Crippen LogP contribution < -0.4 is 10.6 Å². The molecule has 3 heterocycles. The summed E-state index contributed by atoms with van der Waals surface area (Å²) in [5, 5.41) is 6.27. The summed E-state index contributed by atoms with van der Waals surface area (Å²) in [4.78, 5) is 30.8. The Labute approximate surface area is 238 Å². The molecule has 10 heteroatoms. The summed E-state index contributed by atoms with van der Waals surface area (Å²) < 4.78 is 12.3. The Morgan fingerprint density at radius 1 is 1.00 bits per heavy atom. The molecule has 4 aromatic rings. The zero-order valence-corrected chi connectivity index (χ0v) is 23.2. The van der Waals surface area contributed by atoms with E-state index in [0.717, 1.165) is 61.8 Å². The van der Waals surface area contributed by atoms with Crippen molar-refractivity contribution in [2.75, 3.05) is 49.1 Å². The maximum atomic E-state index is 13.0. The smallest absolute Gasteiger partial charge is 0.255 e. The van der Waals surface area contributed by atoms with E-state index in [4.69, 9.17) is 0 Å². The van der Waals surface area contributed by atoms with Crippen LogP contribution in [0.1, 0.15) is 21.5 Å². The van der Waals surface area contributed by atoms with E-state index in [2.05, 4.69) is 35.4 Å². The number of aryl methyl sites for hydroxylation is 1. The van der Waals surface area contributed by atoms with Gasteiger partial charge in [-0.05, 0) is 60.5 Å². The first-order valence-electron chi connectivity index (χ1n) is 13.3. The van der Waals surface area contributed by atoms with Crippen LogP contribution in [0.2, 0.25) is 0 Å². The van der Waals surface area contributed by atoms with Crippen LogP contribution in [0.3, 0.4) is 0 Å². The van der Waals surface area contributed by atoms with Crippen molar-refractivity contribution in [2.45, 2.75) is 13.5 Å².